The molecular formula is C27H36ClN6O2P. The SMILES string of the molecule is CCOc1cc(Nc2ncc(Cl)c(Nc3ccccc3P(C)(C)=O)n2)ccc1N1CCC(N(C)C)CC1. The number of halogens is 1. The van der Waals surface area contributed by atoms with Gasteiger partial charge in [-0.1, -0.05) is 23.7 Å². The molecule has 0 unspecified atom stereocenters. The third kappa shape index (κ3) is 6.75. The minimum Gasteiger partial charge on any atom is -0.492 e. The fourth-order valence-electron chi connectivity index (χ4n) is 4.57. The molecule has 0 amide bonds. The molecule has 8 nitrogen and oxygen atoms in total. The van der Waals surface area contributed by atoms with Gasteiger partial charge in [0.05, 0.1) is 24.2 Å². The molecule has 1 saturated heterocycles. The van der Waals surface area contributed by atoms with E-state index in [9.17, 15) is 4.57 Å². The molecule has 2 N–H and O–H groups in total. The standard InChI is InChI=1S/C27H36ClN6O2P/c1-6-36-24-17-19(11-12-23(24)34-15-13-20(14-16-34)33(2)3)30-27-29-18-21(28)26(32-27)31-22-9-7-8-10-25(22)37(4,5)35/h7-12,17-18,20H,6,13-16H2,1-5H3,(H2,29,30,31,32). The van der Waals surface area contributed by atoms with Gasteiger partial charge in [-0.25, -0.2) is 4.98 Å². The van der Waals surface area contributed by atoms with E-state index in [4.69, 9.17) is 16.3 Å². The molecular weight excluding hydrogens is 507 g/mol. The van der Waals surface area contributed by atoms with Crippen LogP contribution in [0.15, 0.2) is 48.7 Å². The van der Waals surface area contributed by atoms with Crippen molar-refractivity contribution in [3.63, 3.8) is 0 Å². The normalized spacial score (nSPS) is 14.6. The van der Waals surface area contributed by atoms with Gasteiger partial charge in [-0.05, 0) is 71.5 Å². The Morgan fingerprint density at radius 2 is 1.86 bits per heavy atom. The molecule has 0 radical (unpaired) electrons. The van der Waals surface area contributed by atoms with Gasteiger partial charge in [0.15, 0.2) is 5.82 Å². The summed E-state index contributed by atoms with van der Waals surface area (Å²) in [4.78, 5) is 13.6. The lowest BCUT2D eigenvalue weighted by atomic mass is 10.0. The number of para-hydroxylation sites is 1. The summed E-state index contributed by atoms with van der Waals surface area (Å²) in [6.07, 6.45) is 3.80. The molecule has 2 aromatic carbocycles. The minimum absolute atomic E-state index is 0.369. The first-order chi connectivity index (χ1) is 17.7. The van der Waals surface area contributed by atoms with E-state index in [0.717, 1.165) is 48.4 Å². The van der Waals surface area contributed by atoms with E-state index in [1.165, 1.54) is 0 Å². The minimum atomic E-state index is -2.50. The fraction of sp³-hybridized carbons (Fsp3) is 0.407. The third-order valence-corrected chi connectivity index (χ3v) is 8.36. The van der Waals surface area contributed by atoms with Crippen molar-refractivity contribution < 1.29 is 9.30 Å². The number of nitrogens with one attached hydrogen (secondary N) is 2. The maximum absolute atomic E-state index is 12.8. The maximum atomic E-state index is 12.8. The zero-order valence-corrected chi connectivity index (χ0v) is 23.8. The predicted octanol–water partition coefficient (Wildman–Crippen LogP) is 5.79. The Hall–Kier alpha value is -2.80. The highest BCUT2D eigenvalue weighted by Crippen LogP contribution is 2.39. The molecule has 4 rings (SSSR count). The number of hydrogen-bond donors (Lipinski definition) is 2. The third-order valence-electron chi connectivity index (χ3n) is 6.53. The van der Waals surface area contributed by atoms with E-state index in [2.05, 4.69) is 50.6 Å². The molecule has 1 aliphatic heterocycles. The van der Waals surface area contributed by atoms with Gasteiger partial charge in [0.2, 0.25) is 5.95 Å². The highest BCUT2D eigenvalue weighted by molar-refractivity contribution is 7.70. The number of anilines is 5. The molecule has 0 spiro atoms. The number of aromatic nitrogens is 2. The summed E-state index contributed by atoms with van der Waals surface area (Å²) < 4.78 is 18.8. The van der Waals surface area contributed by atoms with E-state index in [1.54, 1.807) is 19.5 Å². The number of rotatable bonds is 9. The smallest absolute Gasteiger partial charge is 0.229 e. The van der Waals surface area contributed by atoms with E-state index in [-0.39, 0.29) is 0 Å². The Morgan fingerprint density at radius 1 is 1.14 bits per heavy atom. The summed E-state index contributed by atoms with van der Waals surface area (Å²) in [5, 5.41) is 7.62. The van der Waals surface area contributed by atoms with Crippen molar-refractivity contribution in [3.8, 4) is 5.75 Å². The summed E-state index contributed by atoms with van der Waals surface area (Å²) in [6.45, 7) is 8.04. The molecule has 0 saturated carbocycles. The molecule has 10 heteroatoms. The van der Waals surface area contributed by atoms with Gasteiger partial charge in [-0.3, -0.25) is 0 Å². The van der Waals surface area contributed by atoms with Crippen molar-refractivity contribution in [2.75, 3.05) is 62.7 Å². The molecule has 37 heavy (non-hydrogen) atoms. The Morgan fingerprint density at radius 3 is 2.54 bits per heavy atom. The lowest BCUT2D eigenvalue weighted by Gasteiger charge is -2.37. The van der Waals surface area contributed by atoms with Crippen molar-refractivity contribution in [3.05, 3.63) is 53.7 Å². The second-order valence-corrected chi connectivity index (χ2v) is 13.4. The van der Waals surface area contributed by atoms with Crippen molar-refractivity contribution in [2.24, 2.45) is 0 Å². The van der Waals surface area contributed by atoms with Gasteiger partial charge < -0.3 is 29.7 Å². The second-order valence-electron chi connectivity index (χ2n) is 9.81. The first-order valence-corrected chi connectivity index (χ1v) is 15.5. The van der Waals surface area contributed by atoms with Crippen LogP contribution in [0.1, 0.15) is 19.8 Å². The zero-order valence-electron chi connectivity index (χ0n) is 22.2. The van der Waals surface area contributed by atoms with Crippen LogP contribution in [-0.2, 0) is 4.57 Å². The lowest BCUT2D eigenvalue weighted by molar-refractivity contribution is 0.249. The van der Waals surface area contributed by atoms with Gasteiger partial charge in [-0.15, -0.1) is 0 Å². The van der Waals surface area contributed by atoms with Crippen molar-refractivity contribution >= 4 is 52.9 Å². The van der Waals surface area contributed by atoms with Crippen molar-refractivity contribution in [1.29, 1.82) is 0 Å². The fourth-order valence-corrected chi connectivity index (χ4v) is 5.86. The van der Waals surface area contributed by atoms with Crippen LogP contribution in [0, 0.1) is 0 Å². The molecule has 1 fully saturated rings. The molecule has 1 aliphatic rings. The molecule has 198 valence electrons. The van der Waals surface area contributed by atoms with Gasteiger partial charge in [0.25, 0.3) is 0 Å². The van der Waals surface area contributed by atoms with Crippen LogP contribution in [0.25, 0.3) is 0 Å². The van der Waals surface area contributed by atoms with Crippen molar-refractivity contribution in [1.82, 2.24) is 14.9 Å². The quantitative estimate of drug-likeness (QED) is 0.329. The highest BCUT2D eigenvalue weighted by Gasteiger charge is 2.23. The summed E-state index contributed by atoms with van der Waals surface area (Å²) in [7, 11) is 1.80. The number of hydrogen-bond acceptors (Lipinski definition) is 8. The van der Waals surface area contributed by atoms with E-state index >= 15 is 0 Å². The average molecular weight is 543 g/mol. The predicted molar refractivity (Wildman–Crippen MR) is 156 cm³/mol. The Kier molecular flexibility index (Phi) is 8.63. The first-order valence-electron chi connectivity index (χ1n) is 12.5. The van der Waals surface area contributed by atoms with E-state index in [1.807, 2.05) is 43.3 Å². The number of nitrogens with zero attached hydrogens (tertiary/aromatic N) is 4. The summed E-state index contributed by atoms with van der Waals surface area (Å²) in [5.41, 5.74) is 2.63. The van der Waals surface area contributed by atoms with Gasteiger partial charge in [0, 0.05) is 36.2 Å². The summed E-state index contributed by atoms with van der Waals surface area (Å²) in [5.74, 6) is 1.66. The zero-order chi connectivity index (χ0) is 26.6. The molecule has 0 aliphatic carbocycles. The van der Waals surface area contributed by atoms with Crippen LogP contribution in [-0.4, -0.2) is 68.0 Å². The van der Waals surface area contributed by atoms with Crippen LogP contribution in [0.2, 0.25) is 5.02 Å². The van der Waals surface area contributed by atoms with Crippen LogP contribution >= 0.6 is 18.7 Å². The molecule has 1 aromatic heterocycles. The van der Waals surface area contributed by atoms with E-state index in [0.29, 0.717) is 35.1 Å². The number of piperidine rings is 1. The second kappa shape index (κ2) is 11.7. The van der Waals surface area contributed by atoms with Crippen LogP contribution in [0.4, 0.5) is 28.8 Å². The molecule has 0 atom stereocenters. The van der Waals surface area contributed by atoms with Crippen molar-refractivity contribution in [2.45, 2.75) is 25.8 Å². The Labute approximate surface area is 224 Å². The van der Waals surface area contributed by atoms with Gasteiger partial charge in [0.1, 0.15) is 17.9 Å². The molecule has 2 heterocycles. The topological polar surface area (TPSA) is 82.6 Å². The van der Waals surface area contributed by atoms with Gasteiger partial charge in [-0.2, -0.15) is 4.98 Å². The van der Waals surface area contributed by atoms with Crippen LogP contribution in [0.5, 0.6) is 5.75 Å². The Balaban J connectivity index is 1.54. The van der Waals surface area contributed by atoms with Gasteiger partial charge >= 0.3 is 0 Å². The first kappa shape index (κ1) is 27.2. The number of benzene rings is 2. The van der Waals surface area contributed by atoms with Crippen LogP contribution in [0.3, 0.4) is 0 Å². The monoisotopic (exact) mass is 542 g/mol. The lowest BCUT2D eigenvalue weighted by Crippen LogP contribution is -2.42. The summed E-state index contributed by atoms with van der Waals surface area (Å²) in [6, 6.07) is 14.2. The maximum Gasteiger partial charge on any atom is 0.229 e. The number of ether oxygens (including phenoxy) is 1. The largest absolute Gasteiger partial charge is 0.492 e. The Bertz CT molecular complexity index is 1270. The average Bonchev–Trinajstić information content (AvgIpc) is 2.86. The summed E-state index contributed by atoms with van der Waals surface area (Å²) >= 11 is 6.41. The van der Waals surface area contributed by atoms with E-state index < -0.39 is 7.14 Å². The van der Waals surface area contributed by atoms with Crippen LogP contribution < -0.4 is 25.6 Å². The molecule has 0 bridgehead atoms. The molecule has 3 aromatic rings. The highest BCUT2D eigenvalue weighted by atomic mass is 35.5.